The summed E-state index contributed by atoms with van der Waals surface area (Å²) in [5, 5.41) is 20.0. The lowest BCUT2D eigenvalue weighted by Gasteiger charge is -2.38. The number of thiazole rings is 1. The Bertz CT molecular complexity index is 2360. The van der Waals surface area contributed by atoms with Crippen molar-refractivity contribution < 1.29 is 65.4 Å². The highest BCUT2D eigenvalue weighted by atomic mass is 32.3. The van der Waals surface area contributed by atoms with Crippen LogP contribution in [0, 0.1) is 17.8 Å². The van der Waals surface area contributed by atoms with Crippen LogP contribution in [0.5, 0.6) is 5.75 Å². The average Bonchev–Trinajstić information content (AvgIpc) is 3.91. The number of ether oxygens (including phenoxy) is 1. The maximum atomic E-state index is 14.3. The van der Waals surface area contributed by atoms with Gasteiger partial charge in [0.2, 0.25) is 17.7 Å². The molecule has 23 heteroatoms. The SMILES string of the molecule is CC[C@H](C)[C@H](NC(=O)[C@H]1CCCCN1C)C(=O)N(C)[C@H](C[C@@H](OC(C)=O)c1nc(C(=O)N[C@@H](CCc2ccc(OS(=O)(=O)O)c(NC(=O)CCCN3C(=O)C=CC3=O)c2)CC(C)C(=O)O)cs1)C(C)C. The molecule has 2 aliphatic heterocycles. The Morgan fingerprint density at radius 2 is 1.70 bits per heavy atom. The van der Waals surface area contributed by atoms with Crippen molar-refractivity contribution in [2.24, 2.45) is 17.8 Å². The topological polar surface area (TPSA) is 288 Å². The smallest absolute Gasteiger partial charge is 0.446 e. The molecule has 2 aliphatic rings. The number of carbonyl (C=O) groups is 8. The zero-order valence-electron chi connectivity index (χ0n) is 41.0. The number of amides is 6. The molecule has 4 rings (SSSR count). The standard InChI is InChI=1S/C47H67N7O14S2/c1-9-28(4)42(51-44(60)35-13-10-11-21-52(35)7)46(61)53(8)36(27(2)3)25-38(67-30(6)55)45-50-34(26-69-45)43(59)48-32(23-29(5)47(62)63)17-15-31-16-18-37(68-70(64,65)66)33(24-31)49-39(56)14-12-22-54-40(57)19-20-41(54)58/h16,18-20,24,26-29,32,35-36,38,42H,9-15,17,21-23,25H2,1-8H3,(H,48,59)(H,49,56)(H,51,60)(H,62,63)(H,64,65,66)/t28-,29?,32-,35+,36+,38+,42-/m0/s1. The molecule has 386 valence electrons. The number of likely N-dealkylation sites (N-methyl/N-ethyl adjacent to an activating group) is 2. The van der Waals surface area contributed by atoms with Crippen molar-refractivity contribution in [3.63, 3.8) is 0 Å². The van der Waals surface area contributed by atoms with Crippen molar-refractivity contribution in [1.29, 1.82) is 0 Å². The van der Waals surface area contributed by atoms with Crippen LogP contribution in [0.1, 0.15) is 126 Å². The molecule has 0 saturated carbocycles. The average molecular weight is 1020 g/mol. The number of benzene rings is 1. The number of anilines is 1. The van der Waals surface area contributed by atoms with Crippen LogP contribution in [0.25, 0.3) is 0 Å². The minimum absolute atomic E-state index is 0.00882. The van der Waals surface area contributed by atoms with Gasteiger partial charge in [0.25, 0.3) is 17.7 Å². The van der Waals surface area contributed by atoms with Crippen LogP contribution >= 0.6 is 11.3 Å². The van der Waals surface area contributed by atoms with Gasteiger partial charge in [0.1, 0.15) is 16.7 Å². The number of esters is 1. The molecule has 0 radical (unpaired) electrons. The second kappa shape index (κ2) is 25.9. The summed E-state index contributed by atoms with van der Waals surface area (Å²) in [6, 6.07) is 1.65. The maximum Gasteiger partial charge on any atom is 0.446 e. The van der Waals surface area contributed by atoms with Gasteiger partial charge in [-0.25, -0.2) is 4.98 Å². The van der Waals surface area contributed by atoms with Crippen LogP contribution in [-0.4, -0.2) is 136 Å². The molecule has 0 bridgehead atoms. The highest BCUT2D eigenvalue weighted by Gasteiger charge is 2.37. The van der Waals surface area contributed by atoms with Gasteiger partial charge >= 0.3 is 22.3 Å². The first kappa shape index (κ1) is 56.8. The first-order valence-corrected chi connectivity index (χ1v) is 25.7. The number of carboxylic acids is 1. The second-order valence-electron chi connectivity index (χ2n) is 18.4. The summed E-state index contributed by atoms with van der Waals surface area (Å²) in [7, 11) is -1.45. The zero-order valence-corrected chi connectivity index (χ0v) is 42.6. The fourth-order valence-electron chi connectivity index (χ4n) is 8.41. The number of aliphatic carboxylic acids is 1. The van der Waals surface area contributed by atoms with Gasteiger partial charge in [0, 0.05) is 63.0 Å². The lowest BCUT2D eigenvalue weighted by Crippen LogP contribution is -2.58. The third kappa shape index (κ3) is 16.7. The fourth-order valence-corrected chi connectivity index (χ4v) is 9.62. The molecule has 5 N–H and O–H groups in total. The number of aromatic nitrogens is 1. The Morgan fingerprint density at radius 3 is 2.30 bits per heavy atom. The van der Waals surface area contributed by atoms with E-state index in [1.807, 2.05) is 39.6 Å². The molecule has 3 heterocycles. The predicted molar refractivity (Wildman–Crippen MR) is 258 cm³/mol. The predicted octanol–water partition coefficient (Wildman–Crippen LogP) is 4.30. The van der Waals surface area contributed by atoms with Crippen LogP contribution in [0.15, 0.2) is 35.7 Å². The summed E-state index contributed by atoms with van der Waals surface area (Å²) in [5.41, 5.74) is 0.332. The van der Waals surface area contributed by atoms with Crippen LogP contribution < -0.4 is 20.1 Å². The van der Waals surface area contributed by atoms with Gasteiger partial charge in [-0.3, -0.25) is 52.7 Å². The van der Waals surface area contributed by atoms with Crippen molar-refractivity contribution in [3.05, 3.63) is 52.0 Å². The summed E-state index contributed by atoms with van der Waals surface area (Å²) in [6.07, 6.45) is 4.84. The highest BCUT2D eigenvalue weighted by molar-refractivity contribution is 7.81. The Labute approximate surface area is 413 Å². The summed E-state index contributed by atoms with van der Waals surface area (Å²) >= 11 is 1.07. The third-order valence-electron chi connectivity index (χ3n) is 12.6. The van der Waals surface area contributed by atoms with E-state index in [2.05, 4.69) is 25.1 Å². The molecular formula is C47H67N7O14S2. The number of carbonyl (C=O) groups excluding carboxylic acids is 7. The number of hydrogen-bond acceptors (Lipinski definition) is 15. The minimum atomic E-state index is -5.02. The van der Waals surface area contributed by atoms with E-state index >= 15 is 0 Å². The third-order valence-corrected chi connectivity index (χ3v) is 14.0. The largest absolute Gasteiger partial charge is 0.481 e. The molecule has 0 aliphatic carbocycles. The summed E-state index contributed by atoms with van der Waals surface area (Å²) in [5.74, 6) is -6.14. The van der Waals surface area contributed by atoms with Gasteiger partial charge in [-0.1, -0.05) is 53.5 Å². The number of hydrogen-bond donors (Lipinski definition) is 5. The zero-order chi connectivity index (χ0) is 52.0. The molecule has 70 heavy (non-hydrogen) atoms. The van der Waals surface area contributed by atoms with Crippen LogP contribution in [0.4, 0.5) is 5.69 Å². The lowest BCUT2D eigenvalue weighted by molar-refractivity contribution is -0.149. The maximum absolute atomic E-state index is 14.3. The monoisotopic (exact) mass is 1020 g/mol. The van der Waals surface area contributed by atoms with Gasteiger partial charge in [-0.05, 0) is 81.6 Å². The number of carboxylic acid groups (broad SMARTS) is 1. The minimum Gasteiger partial charge on any atom is -0.481 e. The number of imide groups is 1. The van der Waals surface area contributed by atoms with Crippen molar-refractivity contribution in [1.82, 2.24) is 30.3 Å². The number of aryl methyl sites for hydroxylation is 1. The highest BCUT2D eigenvalue weighted by Crippen LogP contribution is 2.32. The number of nitrogens with zero attached hydrogens (tertiary/aromatic N) is 4. The summed E-state index contributed by atoms with van der Waals surface area (Å²) in [6.45, 7) is 11.2. The molecule has 0 spiro atoms. The Balaban J connectivity index is 1.50. The number of piperidine rings is 1. The molecule has 6 amide bonds. The van der Waals surface area contributed by atoms with Crippen molar-refractivity contribution in [2.45, 2.75) is 136 Å². The van der Waals surface area contributed by atoms with E-state index in [4.69, 9.17) is 4.74 Å². The van der Waals surface area contributed by atoms with Crippen molar-refractivity contribution in [3.8, 4) is 5.75 Å². The quantitative estimate of drug-likeness (QED) is 0.0499. The van der Waals surface area contributed by atoms with E-state index in [1.54, 1.807) is 11.9 Å². The molecule has 1 saturated heterocycles. The fraction of sp³-hybridized carbons (Fsp3) is 0.596. The Kier molecular flexibility index (Phi) is 21.0. The van der Waals surface area contributed by atoms with E-state index in [0.29, 0.717) is 18.4 Å². The van der Waals surface area contributed by atoms with Crippen molar-refractivity contribution >= 4 is 74.8 Å². The van der Waals surface area contributed by atoms with Gasteiger partial charge in [-0.2, -0.15) is 8.42 Å². The van der Waals surface area contributed by atoms with Gasteiger partial charge < -0.3 is 34.9 Å². The van der Waals surface area contributed by atoms with E-state index < -0.39 is 81.9 Å². The van der Waals surface area contributed by atoms with Gasteiger partial charge in [0.05, 0.1) is 17.6 Å². The summed E-state index contributed by atoms with van der Waals surface area (Å²) < 4.78 is 43.1. The molecule has 2 aromatic rings. The molecule has 1 unspecified atom stereocenters. The van der Waals surface area contributed by atoms with Gasteiger partial charge in [0.15, 0.2) is 11.9 Å². The number of rotatable bonds is 26. The molecule has 1 aromatic carbocycles. The Hall–Kier alpha value is -5.78. The molecule has 21 nitrogen and oxygen atoms in total. The number of likely N-dealkylation sites (tertiary alicyclic amines) is 1. The first-order chi connectivity index (χ1) is 32.9. The molecule has 1 aromatic heterocycles. The molecule has 7 atom stereocenters. The Morgan fingerprint density at radius 1 is 1.01 bits per heavy atom. The molecular weight excluding hydrogens is 951 g/mol. The van der Waals surface area contributed by atoms with Crippen LogP contribution in [0.3, 0.4) is 0 Å². The van der Waals surface area contributed by atoms with Crippen LogP contribution in [-0.2, 0) is 55.1 Å². The van der Waals surface area contributed by atoms with Crippen LogP contribution in [0.2, 0.25) is 0 Å². The van der Waals surface area contributed by atoms with E-state index in [0.717, 1.165) is 47.8 Å². The molecule has 1 fully saturated rings. The van der Waals surface area contributed by atoms with E-state index in [-0.39, 0.29) is 91.2 Å². The van der Waals surface area contributed by atoms with Gasteiger partial charge in [-0.15, -0.1) is 11.3 Å². The number of nitrogens with one attached hydrogen (secondary N) is 3. The lowest BCUT2D eigenvalue weighted by atomic mass is 9.92. The first-order valence-electron chi connectivity index (χ1n) is 23.5. The summed E-state index contributed by atoms with van der Waals surface area (Å²) in [4.78, 5) is 112. The normalized spacial score (nSPS) is 17.8. The van der Waals surface area contributed by atoms with Crippen molar-refractivity contribution in [2.75, 3.05) is 32.5 Å². The second-order valence-corrected chi connectivity index (χ2v) is 20.3. The van der Waals surface area contributed by atoms with E-state index in [9.17, 15) is 56.4 Å². The van der Waals surface area contributed by atoms with E-state index in [1.165, 1.54) is 37.4 Å².